The molecule has 19 heavy (non-hydrogen) atoms. The Morgan fingerprint density at radius 2 is 1.84 bits per heavy atom. The molecule has 1 heteroatoms. The van der Waals surface area contributed by atoms with Crippen LogP contribution in [0.2, 0.25) is 0 Å². The Morgan fingerprint density at radius 3 is 2.58 bits per heavy atom. The van der Waals surface area contributed by atoms with Gasteiger partial charge in [0, 0.05) is 6.04 Å². The van der Waals surface area contributed by atoms with Crippen molar-refractivity contribution in [1.29, 1.82) is 0 Å². The molecule has 0 bridgehead atoms. The summed E-state index contributed by atoms with van der Waals surface area (Å²) in [6.45, 7) is 7.72. The van der Waals surface area contributed by atoms with Gasteiger partial charge in [-0.15, -0.1) is 0 Å². The Labute approximate surface area is 117 Å². The van der Waals surface area contributed by atoms with Gasteiger partial charge in [0.1, 0.15) is 0 Å². The Bertz CT molecular complexity index is 530. The van der Waals surface area contributed by atoms with Gasteiger partial charge in [-0.3, -0.25) is 0 Å². The second kappa shape index (κ2) is 6.72. The zero-order valence-electron chi connectivity index (χ0n) is 12.4. The fraction of sp³-hybridized carbons (Fsp3) is 0.444. The third-order valence-electron chi connectivity index (χ3n) is 3.83. The predicted octanol–water partition coefficient (Wildman–Crippen LogP) is 4.99. The van der Waals surface area contributed by atoms with Crippen LogP contribution in [0, 0.1) is 6.92 Å². The van der Waals surface area contributed by atoms with E-state index in [0.29, 0.717) is 6.04 Å². The minimum absolute atomic E-state index is 0.482. The molecule has 0 aliphatic heterocycles. The first-order valence-electron chi connectivity index (χ1n) is 7.49. The zero-order valence-corrected chi connectivity index (χ0v) is 12.4. The molecule has 1 N–H and O–H groups in total. The lowest BCUT2D eigenvalue weighted by Crippen LogP contribution is -2.22. The molecule has 1 unspecified atom stereocenters. The Morgan fingerprint density at radius 1 is 1.05 bits per heavy atom. The third kappa shape index (κ3) is 3.16. The number of nitrogens with one attached hydrogen (secondary N) is 1. The summed E-state index contributed by atoms with van der Waals surface area (Å²) in [6.07, 6.45) is 3.76. The number of rotatable bonds is 6. The third-order valence-corrected chi connectivity index (χ3v) is 3.83. The van der Waals surface area contributed by atoms with Gasteiger partial charge < -0.3 is 5.32 Å². The summed E-state index contributed by atoms with van der Waals surface area (Å²) in [7, 11) is 0. The summed E-state index contributed by atoms with van der Waals surface area (Å²) in [5, 5.41) is 6.42. The highest BCUT2D eigenvalue weighted by Crippen LogP contribution is 2.30. The van der Waals surface area contributed by atoms with Gasteiger partial charge in [0.2, 0.25) is 0 Å². The molecular weight excluding hydrogens is 230 g/mol. The van der Waals surface area contributed by atoms with Crippen LogP contribution in [-0.4, -0.2) is 6.54 Å². The second-order valence-corrected chi connectivity index (χ2v) is 5.27. The largest absolute Gasteiger partial charge is 0.310 e. The fourth-order valence-electron chi connectivity index (χ4n) is 2.87. The van der Waals surface area contributed by atoms with Crippen LogP contribution in [0.3, 0.4) is 0 Å². The van der Waals surface area contributed by atoms with Crippen LogP contribution in [0.5, 0.6) is 0 Å². The van der Waals surface area contributed by atoms with Gasteiger partial charge in [-0.2, -0.15) is 0 Å². The average molecular weight is 255 g/mol. The number of benzene rings is 2. The number of aryl methyl sites for hydroxylation is 1. The number of unbranched alkanes of at least 4 members (excludes halogenated alkanes) is 1. The lowest BCUT2D eigenvalue weighted by molar-refractivity contribution is 0.496. The van der Waals surface area contributed by atoms with Gasteiger partial charge >= 0.3 is 0 Å². The summed E-state index contributed by atoms with van der Waals surface area (Å²) >= 11 is 0. The maximum absolute atomic E-state index is 3.67. The van der Waals surface area contributed by atoms with Crippen LogP contribution in [0.25, 0.3) is 10.8 Å². The van der Waals surface area contributed by atoms with Gasteiger partial charge in [-0.1, -0.05) is 63.1 Å². The minimum Gasteiger partial charge on any atom is -0.310 e. The average Bonchev–Trinajstić information content (AvgIpc) is 2.44. The van der Waals surface area contributed by atoms with Crippen LogP contribution in [0.4, 0.5) is 0 Å². The number of hydrogen-bond acceptors (Lipinski definition) is 1. The molecule has 102 valence electrons. The summed E-state index contributed by atoms with van der Waals surface area (Å²) in [4.78, 5) is 0. The number of fused-ring (bicyclic) bond motifs is 1. The Hall–Kier alpha value is -1.34. The smallest absolute Gasteiger partial charge is 0.0328 e. The van der Waals surface area contributed by atoms with Crippen LogP contribution < -0.4 is 5.32 Å². The molecule has 0 spiro atoms. The highest BCUT2D eigenvalue weighted by molar-refractivity contribution is 5.87. The first-order valence-corrected chi connectivity index (χ1v) is 7.49. The lowest BCUT2D eigenvalue weighted by Gasteiger charge is -2.22. The molecule has 0 radical (unpaired) electrons. The minimum atomic E-state index is 0.482. The standard InChI is InChI=1S/C18H25N/c1-4-6-11-17(19-5-2)18-14(3)12-13-15-9-7-8-10-16(15)18/h7-10,12-13,17,19H,4-6,11H2,1-3H3. The Balaban J connectivity index is 2.47. The maximum Gasteiger partial charge on any atom is 0.0328 e. The van der Waals surface area contributed by atoms with Gasteiger partial charge in [0.05, 0.1) is 0 Å². The van der Waals surface area contributed by atoms with Crippen molar-refractivity contribution in [3.8, 4) is 0 Å². The van der Waals surface area contributed by atoms with Gasteiger partial charge in [0.25, 0.3) is 0 Å². The summed E-state index contributed by atoms with van der Waals surface area (Å²) in [5.74, 6) is 0. The van der Waals surface area contributed by atoms with E-state index in [4.69, 9.17) is 0 Å². The quantitative estimate of drug-likeness (QED) is 0.767. The van der Waals surface area contributed by atoms with Gasteiger partial charge in [-0.25, -0.2) is 0 Å². The highest BCUT2D eigenvalue weighted by Gasteiger charge is 2.15. The van der Waals surface area contributed by atoms with Gasteiger partial charge in [-0.05, 0) is 41.8 Å². The van der Waals surface area contributed by atoms with E-state index in [-0.39, 0.29) is 0 Å². The molecule has 0 saturated heterocycles. The molecule has 0 saturated carbocycles. The van der Waals surface area contributed by atoms with E-state index in [1.54, 1.807) is 0 Å². The predicted molar refractivity (Wildman–Crippen MR) is 84.6 cm³/mol. The van der Waals surface area contributed by atoms with Crippen molar-refractivity contribution in [2.24, 2.45) is 0 Å². The van der Waals surface area contributed by atoms with E-state index >= 15 is 0 Å². The molecule has 0 fully saturated rings. The maximum atomic E-state index is 3.67. The molecule has 1 nitrogen and oxygen atoms in total. The van der Waals surface area contributed by atoms with Crippen LogP contribution in [0.15, 0.2) is 36.4 Å². The summed E-state index contributed by atoms with van der Waals surface area (Å²) in [6, 6.07) is 13.7. The van der Waals surface area contributed by atoms with Crippen LogP contribution >= 0.6 is 0 Å². The summed E-state index contributed by atoms with van der Waals surface area (Å²) in [5.41, 5.74) is 2.90. The topological polar surface area (TPSA) is 12.0 Å². The van der Waals surface area contributed by atoms with E-state index in [1.807, 2.05) is 0 Å². The van der Waals surface area contributed by atoms with E-state index in [1.165, 1.54) is 41.2 Å². The summed E-state index contributed by atoms with van der Waals surface area (Å²) < 4.78 is 0. The first-order chi connectivity index (χ1) is 9.27. The molecule has 0 aliphatic rings. The SMILES string of the molecule is CCCCC(NCC)c1c(C)ccc2ccccc12. The molecule has 1 atom stereocenters. The zero-order chi connectivity index (χ0) is 13.7. The van der Waals surface area contributed by atoms with Crippen molar-refractivity contribution < 1.29 is 0 Å². The molecule has 0 heterocycles. The van der Waals surface area contributed by atoms with E-state index in [0.717, 1.165) is 6.54 Å². The fourth-order valence-corrected chi connectivity index (χ4v) is 2.87. The van der Waals surface area contributed by atoms with Crippen LogP contribution in [0.1, 0.15) is 50.3 Å². The molecular formula is C18H25N. The molecule has 0 amide bonds. The molecule has 2 rings (SSSR count). The lowest BCUT2D eigenvalue weighted by atomic mass is 9.91. The number of hydrogen-bond donors (Lipinski definition) is 1. The van der Waals surface area contributed by atoms with Gasteiger partial charge in [0.15, 0.2) is 0 Å². The van der Waals surface area contributed by atoms with Crippen molar-refractivity contribution in [2.45, 2.75) is 46.1 Å². The van der Waals surface area contributed by atoms with E-state index < -0.39 is 0 Å². The molecule has 2 aromatic carbocycles. The van der Waals surface area contributed by atoms with E-state index in [9.17, 15) is 0 Å². The second-order valence-electron chi connectivity index (χ2n) is 5.27. The van der Waals surface area contributed by atoms with Crippen molar-refractivity contribution in [3.05, 3.63) is 47.5 Å². The van der Waals surface area contributed by atoms with Crippen molar-refractivity contribution >= 4 is 10.8 Å². The monoisotopic (exact) mass is 255 g/mol. The van der Waals surface area contributed by atoms with Crippen molar-refractivity contribution in [1.82, 2.24) is 5.32 Å². The van der Waals surface area contributed by atoms with E-state index in [2.05, 4.69) is 62.5 Å². The normalized spacial score (nSPS) is 12.8. The molecule has 0 aliphatic carbocycles. The molecule has 0 aromatic heterocycles. The van der Waals surface area contributed by atoms with Crippen molar-refractivity contribution in [2.75, 3.05) is 6.54 Å². The van der Waals surface area contributed by atoms with Crippen LogP contribution in [-0.2, 0) is 0 Å². The Kier molecular flexibility index (Phi) is 4.98. The van der Waals surface area contributed by atoms with Crippen molar-refractivity contribution in [3.63, 3.8) is 0 Å². The highest BCUT2D eigenvalue weighted by atomic mass is 14.9. The first kappa shape index (κ1) is 14.1. The molecule has 2 aromatic rings.